The van der Waals surface area contributed by atoms with E-state index >= 15 is 0 Å². The summed E-state index contributed by atoms with van der Waals surface area (Å²) >= 11 is 0. The Balaban J connectivity index is 1.07. The first-order chi connectivity index (χ1) is 37.7. The zero-order valence-corrected chi connectivity index (χ0v) is 46.1. The molecule has 10 aromatic carbocycles. The van der Waals surface area contributed by atoms with Gasteiger partial charge in [0.15, 0.2) is 0 Å². The van der Waals surface area contributed by atoms with Crippen LogP contribution < -0.4 is 21.3 Å². The highest BCUT2D eigenvalue weighted by atomic mass is 15.2. The van der Waals surface area contributed by atoms with Crippen molar-refractivity contribution >= 4 is 94.5 Å². The Kier molecular flexibility index (Phi) is 8.73. The standard InChI is InChI=1S/C74H62BN3/c1-72(2,3)45-28-31-47(32-29-45)76-60-36-30-46(73(4,5)6)39-58(60)75-59-38-44(42-17-9-10-18-42)37-56-55-34-33-54-51-22-13-14-25-57(51)74(7,8)68(54)71(55)78(70(56)59)64-41-48(40-63(76)69(64)75)77-61-26-16-24-53-50-21-12-11-20-49(50)52-23-15-19-43-27-35-62(77)67(65(43)52)66(53)61/h11-16,19-42H,9-10,17-18H2,1-8H3. The largest absolute Gasteiger partial charge is 0.311 e. The molecule has 78 heavy (non-hydrogen) atoms. The van der Waals surface area contributed by atoms with Gasteiger partial charge in [0.25, 0.3) is 6.71 Å². The van der Waals surface area contributed by atoms with Crippen LogP contribution in [0.2, 0.25) is 0 Å². The van der Waals surface area contributed by atoms with Crippen LogP contribution in [0.5, 0.6) is 0 Å². The van der Waals surface area contributed by atoms with Crippen LogP contribution in [-0.2, 0) is 16.2 Å². The molecule has 5 aliphatic rings. The SMILES string of the molecule is CC(C)(C)c1ccc(N2c3ccc(C(C)(C)C)cc3B3c4c2cc(-n2c5cccc6c5c5c7c(cccc7ccc52)-c2ccccc2-6)cc4-n2c4c3cc(C3CCCC3)cc4c3ccc4c(c32)C(C)(C)c2ccccc2-4)cc1. The number of hydrogen-bond acceptors (Lipinski definition) is 1. The second-order valence-corrected chi connectivity index (χ2v) is 26.3. The van der Waals surface area contributed by atoms with Crippen LogP contribution in [0.15, 0.2) is 176 Å². The molecule has 1 fully saturated rings. The highest BCUT2D eigenvalue weighted by Gasteiger charge is 2.46. The fourth-order valence-corrected chi connectivity index (χ4v) is 16.0. The molecule has 376 valence electrons. The van der Waals surface area contributed by atoms with Gasteiger partial charge in [0.05, 0.1) is 22.2 Å². The third kappa shape index (κ3) is 5.75. The average Bonchev–Trinajstić information content (AvgIpc) is 2.11. The molecule has 0 N–H and O–H groups in total. The molecule has 0 amide bonds. The zero-order valence-electron chi connectivity index (χ0n) is 46.1. The number of benzene rings is 10. The monoisotopic (exact) mass is 1000 g/mol. The highest BCUT2D eigenvalue weighted by Crippen LogP contribution is 2.55. The number of anilines is 3. The van der Waals surface area contributed by atoms with E-state index in [1.54, 1.807) is 0 Å². The Morgan fingerprint density at radius 2 is 1.13 bits per heavy atom. The number of fused-ring (bicyclic) bond motifs is 14. The van der Waals surface area contributed by atoms with Crippen LogP contribution in [0.4, 0.5) is 17.1 Å². The Bertz CT molecular complexity index is 4670. The molecule has 3 aliphatic carbocycles. The van der Waals surface area contributed by atoms with Crippen LogP contribution in [0.3, 0.4) is 0 Å². The first-order valence-corrected chi connectivity index (χ1v) is 28.8. The van der Waals surface area contributed by atoms with Crippen LogP contribution in [0, 0.1) is 0 Å². The van der Waals surface area contributed by atoms with Crippen molar-refractivity contribution in [2.75, 3.05) is 4.90 Å². The lowest BCUT2D eigenvalue weighted by molar-refractivity contribution is 0.590. The maximum Gasteiger partial charge on any atom is 0.252 e. The van der Waals surface area contributed by atoms with Gasteiger partial charge in [-0.1, -0.05) is 196 Å². The third-order valence-electron chi connectivity index (χ3n) is 19.6. The number of rotatable bonds is 3. The van der Waals surface area contributed by atoms with Crippen molar-refractivity contribution in [3.63, 3.8) is 0 Å². The van der Waals surface area contributed by atoms with E-state index in [2.05, 4.69) is 245 Å². The molecule has 2 aliphatic heterocycles. The molecule has 1 saturated carbocycles. The van der Waals surface area contributed by atoms with Gasteiger partial charge in [-0.2, -0.15) is 0 Å². The lowest BCUT2D eigenvalue weighted by Crippen LogP contribution is -2.60. The molecule has 0 atom stereocenters. The van der Waals surface area contributed by atoms with E-state index < -0.39 is 0 Å². The Labute approximate surface area is 457 Å². The van der Waals surface area contributed by atoms with Crippen molar-refractivity contribution in [3.8, 4) is 44.8 Å². The third-order valence-corrected chi connectivity index (χ3v) is 19.6. The first kappa shape index (κ1) is 45.0. The minimum Gasteiger partial charge on any atom is -0.311 e. The molecule has 2 aromatic heterocycles. The van der Waals surface area contributed by atoms with E-state index in [9.17, 15) is 0 Å². The second kappa shape index (κ2) is 15.1. The normalized spacial score (nSPS) is 15.7. The van der Waals surface area contributed by atoms with E-state index in [0.29, 0.717) is 5.92 Å². The molecular formula is C74H62BN3. The first-order valence-electron chi connectivity index (χ1n) is 28.8. The summed E-state index contributed by atoms with van der Waals surface area (Å²) < 4.78 is 5.43. The molecule has 0 saturated heterocycles. The maximum absolute atomic E-state index is 2.80. The van der Waals surface area contributed by atoms with Crippen LogP contribution in [0.1, 0.15) is 115 Å². The summed E-state index contributed by atoms with van der Waals surface area (Å²) in [4.78, 5) is 2.65. The van der Waals surface area contributed by atoms with Crippen LogP contribution in [0.25, 0.3) is 99.1 Å². The lowest BCUT2D eigenvalue weighted by Gasteiger charge is -2.42. The maximum atomic E-state index is 2.80. The van der Waals surface area contributed by atoms with E-state index in [-0.39, 0.29) is 23.0 Å². The van der Waals surface area contributed by atoms with Crippen molar-refractivity contribution in [2.24, 2.45) is 0 Å². The van der Waals surface area contributed by atoms with E-state index in [1.807, 2.05) is 0 Å². The molecule has 0 radical (unpaired) electrons. The van der Waals surface area contributed by atoms with Gasteiger partial charge < -0.3 is 14.0 Å². The minimum atomic E-state index is -0.233. The Morgan fingerprint density at radius 1 is 0.462 bits per heavy atom. The fraction of sp³-hybridized carbons (Fsp3) is 0.216. The summed E-state index contributed by atoms with van der Waals surface area (Å²) in [5.41, 5.74) is 30.3. The summed E-state index contributed by atoms with van der Waals surface area (Å²) in [6.45, 7) is 19.1. The predicted molar refractivity (Wildman–Crippen MR) is 333 cm³/mol. The van der Waals surface area contributed by atoms with Gasteiger partial charge >= 0.3 is 0 Å². The van der Waals surface area contributed by atoms with Crippen molar-refractivity contribution in [2.45, 2.75) is 103 Å². The Morgan fingerprint density at radius 3 is 1.88 bits per heavy atom. The smallest absolute Gasteiger partial charge is 0.252 e. The quantitative estimate of drug-likeness (QED) is 0.161. The highest BCUT2D eigenvalue weighted by molar-refractivity contribution is 7.00. The molecule has 3 nitrogen and oxygen atoms in total. The molecule has 0 unspecified atom stereocenters. The fourth-order valence-electron chi connectivity index (χ4n) is 16.0. The van der Waals surface area contributed by atoms with Crippen LogP contribution in [-0.4, -0.2) is 15.8 Å². The molecule has 0 bridgehead atoms. The molecule has 17 rings (SSSR count). The van der Waals surface area contributed by atoms with Gasteiger partial charge in [0.2, 0.25) is 0 Å². The number of aromatic nitrogens is 2. The Hall–Kier alpha value is -8.08. The summed E-state index contributed by atoms with van der Waals surface area (Å²) in [5, 5.41) is 8.03. The van der Waals surface area contributed by atoms with Gasteiger partial charge in [0.1, 0.15) is 0 Å². The minimum absolute atomic E-state index is 0.00345. The molecule has 4 heterocycles. The van der Waals surface area contributed by atoms with Gasteiger partial charge in [0, 0.05) is 55.2 Å². The van der Waals surface area contributed by atoms with Gasteiger partial charge in [-0.15, -0.1) is 0 Å². The second-order valence-electron chi connectivity index (χ2n) is 26.3. The van der Waals surface area contributed by atoms with Gasteiger partial charge in [-0.3, -0.25) is 0 Å². The topological polar surface area (TPSA) is 13.1 Å². The number of nitrogens with zero attached hydrogens (tertiary/aromatic N) is 3. The lowest BCUT2D eigenvalue weighted by atomic mass is 9.33. The van der Waals surface area contributed by atoms with Gasteiger partial charge in [-0.25, -0.2) is 0 Å². The summed E-state index contributed by atoms with van der Waals surface area (Å²) in [6, 6.07) is 69.6. The molecular weight excluding hydrogens is 942 g/mol. The van der Waals surface area contributed by atoms with E-state index in [0.717, 1.165) is 0 Å². The zero-order chi connectivity index (χ0) is 52.5. The van der Waals surface area contributed by atoms with Crippen molar-refractivity contribution < 1.29 is 0 Å². The van der Waals surface area contributed by atoms with Crippen molar-refractivity contribution in [1.82, 2.24) is 9.13 Å². The summed E-state index contributed by atoms with van der Waals surface area (Å²) in [6.07, 6.45) is 5.10. The summed E-state index contributed by atoms with van der Waals surface area (Å²) in [7, 11) is 0. The molecule has 0 spiro atoms. The van der Waals surface area contributed by atoms with Gasteiger partial charge in [-0.05, 0) is 166 Å². The van der Waals surface area contributed by atoms with Crippen LogP contribution >= 0.6 is 0 Å². The molecule has 12 aromatic rings. The van der Waals surface area contributed by atoms with E-state index in [4.69, 9.17) is 0 Å². The van der Waals surface area contributed by atoms with E-state index in [1.165, 1.54) is 186 Å². The summed E-state index contributed by atoms with van der Waals surface area (Å²) in [5.74, 6) is 0.555. The molecule has 4 heteroatoms. The van der Waals surface area contributed by atoms with Crippen molar-refractivity contribution in [1.29, 1.82) is 0 Å². The van der Waals surface area contributed by atoms with Crippen molar-refractivity contribution in [3.05, 3.63) is 204 Å². The predicted octanol–water partition coefficient (Wildman–Crippen LogP) is 17.9. The average molecular weight is 1000 g/mol. The number of hydrogen-bond donors (Lipinski definition) is 0.